The Labute approximate surface area is 129 Å². The molecule has 22 heavy (non-hydrogen) atoms. The van der Waals surface area contributed by atoms with Crippen LogP contribution < -0.4 is 9.61 Å². The van der Waals surface area contributed by atoms with E-state index in [0.717, 1.165) is 16.5 Å². The minimum Gasteiger partial charge on any atom is -0.417 e. The Hall–Kier alpha value is -1.93. The van der Waals surface area contributed by atoms with Crippen molar-refractivity contribution in [3.05, 3.63) is 42.2 Å². The normalized spacial score (nSPS) is 15.3. The van der Waals surface area contributed by atoms with E-state index in [1.807, 2.05) is 24.3 Å². The number of hydrogen-bond acceptors (Lipinski definition) is 5. The smallest absolute Gasteiger partial charge is 0.417 e. The monoisotopic (exact) mass is 327 g/mol. The van der Waals surface area contributed by atoms with E-state index in [1.54, 1.807) is 18.3 Å². The third kappa shape index (κ3) is 3.45. The van der Waals surface area contributed by atoms with Gasteiger partial charge in [-0.05, 0) is 35.4 Å². The molecule has 0 amide bonds. The molecule has 0 unspecified atom stereocenters. The molecule has 0 radical (unpaired) electrons. The van der Waals surface area contributed by atoms with Crippen LogP contribution in [0.5, 0.6) is 5.75 Å². The van der Waals surface area contributed by atoms with Crippen molar-refractivity contribution in [2.45, 2.75) is 5.51 Å². The lowest BCUT2D eigenvalue weighted by Gasteiger charge is -2.08. The van der Waals surface area contributed by atoms with Crippen LogP contribution in [0.4, 0.5) is 13.2 Å². The lowest BCUT2D eigenvalue weighted by Crippen LogP contribution is -2.23. The molecule has 1 aromatic carbocycles. The van der Waals surface area contributed by atoms with E-state index in [1.165, 1.54) is 6.07 Å². The number of hydrazine groups is 1. The van der Waals surface area contributed by atoms with Crippen molar-refractivity contribution in [3.63, 3.8) is 0 Å². The lowest BCUT2D eigenvalue weighted by molar-refractivity contribution is -0.0369. The molecule has 1 aliphatic heterocycles. The molecular formula is C14H12F3N3OS. The van der Waals surface area contributed by atoms with Gasteiger partial charge >= 0.3 is 5.51 Å². The average Bonchev–Trinajstić information content (AvgIpc) is 2.90. The molecule has 0 aliphatic carbocycles. The first kappa shape index (κ1) is 15.0. The maximum atomic E-state index is 12.2. The molecule has 4 nitrogen and oxygen atoms in total. The molecule has 1 aromatic heterocycles. The van der Waals surface area contributed by atoms with Gasteiger partial charge in [-0.2, -0.15) is 13.2 Å². The second-order valence-electron chi connectivity index (χ2n) is 4.79. The molecule has 2 aromatic rings. The minimum atomic E-state index is -4.43. The van der Waals surface area contributed by atoms with Gasteiger partial charge in [0.1, 0.15) is 5.75 Å². The van der Waals surface area contributed by atoms with Gasteiger partial charge in [0.2, 0.25) is 0 Å². The summed E-state index contributed by atoms with van der Waals surface area (Å²) in [6.07, 6.45) is 3.70. The summed E-state index contributed by atoms with van der Waals surface area (Å²) in [6.45, 7) is 0.684. The molecule has 0 saturated heterocycles. The SMILES string of the molecule is CN1C=C(c2cnc3ccc(OSC(F)(F)F)cc3c2)CN1. The van der Waals surface area contributed by atoms with Crippen LogP contribution in [-0.4, -0.2) is 29.1 Å². The zero-order valence-corrected chi connectivity index (χ0v) is 12.3. The standard InChI is InChI=1S/C14H12F3N3OS/c1-20-8-11(7-19-20)10-4-9-5-12(21-22-14(15,16)17)2-3-13(9)18-6-10/h2-6,8,19H,7H2,1H3. The highest BCUT2D eigenvalue weighted by Gasteiger charge is 2.31. The fourth-order valence-electron chi connectivity index (χ4n) is 2.14. The first-order valence-corrected chi connectivity index (χ1v) is 7.14. The fourth-order valence-corrected chi connectivity index (χ4v) is 2.44. The maximum absolute atomic E-state index is 12.2. The second-order valence-corrected chi connectivity index (χ2v) is 5.59. The number of nitrogens with one attached hydrogen (secondary N) is 1. The Kier molecular flexibility index (Phi) is 3.88. The Morgan fingerprint density at radius 2 is 2.14 bits per heavy atom. The predicted octanol–water partition coefficient (Wildman–Crippen LogP) is 3.57. The summed E-state index contributed by atoms with van der Waals surface area (Å²) in [5.74, 6) is 0.143. The second kappa shape index (κ2) is 5.69. The summed E-state index contributed by atoms with van der Waals surface area (Å²) >= 11 is -0.523. The van der Waals surface area contributed by atoms with Crippen LogP contribution in [-0.2, 0) is 0 Å². The third-order valence-corrected chi connectivity index (χ3v) is 3.59. The van der Waals surface area contributed by atoms with Crippen molar-refractivity contribution in [3.8, 4) is 5.75 Å². The summed E-state index contributed by atoms with van der Waals surface area (Å²) in [4.78, 5) is 4.33. The molecule has 0 spiro atoms. The number of fused-ring (bicyclic) bond motifs is 1. The van der Waals surface area contributed by atoms with Crippen LogP contribution in [0, 0.1) is 0 Å². The molecule has 2 heterocycles. The Morgan fingerprint density at radius 3 is 2.82 bits per heavy atom. The Balaban J connectivity index is 1.88. The van der Waals surface area contributed by atoms with E-state index >= 15 is 0 Å². The van der Waals surface area contributed by atoms with Crippen LogP contribution in [0.1, 0.15) is 5.56 Å². The summed E-state index contributed by atoms with van der Waals surface area (Å²) in [7, 11) is 1.89. The molecule has 0 bridgehead atoms. The molecule has 3 rings (SSSR count). The van der Waals surface area contributed by atoms with E-state index in [0.29, 0.717) is 12.1 Å². The zero-order chi connectivity index (χ0) is 15.7. The summed E-state index contributed by atoms with van der Waals surface area (Å²) < 4.78 is 41.2. The molecule has 1 aliphatic rings. The lowest BCUT2D eigenvalue weighted by atomic mass is 10.1. The van der Waals surface area contributed by atoms with Crippen molar-refractivity contribution < 1.29 is 17.4 Å². The highest BCUT2D eigenvalue weighted by atomic mass is 32.2. The van der Waals surface area contributed by atoms with E-state index in [-0.39, 0.29) is 5.75 Å². The van der Waals surface area contributed by atoms with Crippen molar-refractivity contribution in [1.82, 2.24) is 15.4 Å². The zero-order valence-electron chi connectivity index (χ0n) is 11.5. The Bertz CT molecular complexity index is 733. The van der Waals surface area contributed by atoms with E-state index in [4.69, 9.17) is 0 Å². The molecule has 0 atom stereocenters. The quantitative estimate of drug-likeness (QED) is 0.872. The van der Waals surface area contributed by atoms with Gasteiger partial charge in [-0.1, -0.05) is 0 Å². The number of pyridine rings is 1. The average molecular weight is 327 g/mol. The number of benzene rings is 1. The van der Waals surface area contributed by atoms with Gasteiger partial charge in [0.05, 0.1) is 5.52 Å². The largest absolute Gasteiger partial charge is 0.479 e. The van der Waals surface area contributed by atoms with Gasteiger partial charge in [0, 0.05) is 31.4 Å². The van der Waals surface area contributed by atoms with E-state index in [9.17, 15) is 13.2 Å². The van der Waals surface area contributed by atoms with Gasteiger partial charge < -0.3 is 9.19 Å². The Morgan fingerprint density at radius 1 is 1.32 bits per heavy atom. The molecule has 1 N–H and O–H groups in total. The summed E-state index contributed by atoms with van der Waals surface area (Å²) in [5, 5.41) is 2.58. The van der Waals surface area contributed by atoms with Crippen LogP contribution in [0.2, 0.25) is 0 Å². The number of aromatic nitrogens is 1. The first-order chi connectivity index (χ1) is 10.4. The van der Waals surface area contributed by atoms with Crippen molar-refractivity contribution in [2.75, 3.05) is 13.6 Å². The van der Waals surface area contributed by atoms with Crippen LogP contribution in [0.15, 0.2) is 36.7 Å². The van der Waals surface area contributed by atoms with Gasteiger partial charge in [-0.3, -0.25) is 4.98 Å². The fraction of sp³-hybridized carbons (Fsp3) is 0.214. The van der Waals surface area contributed by atoms with Gasteiger partial charge in [-0.25, -0.2) is 5.43 Å². The number of rotatable bonds is 3. The molecule has 8 heteroatoms. The number of alkyl halides is 3. The maximum Gasteiger partial charge on any atom is 0.479 e. The molecular weight excluding hydrogens is 315 g/mol. The van der Waals surface area contributed by atoms with E-state index < -0.39 is 17.6 Å². The van der Waals surface area contributed by atoms with Gasteiger partial charge in [0.15, 0.2) is 12.0 Å². The topological polar surface area (TPSA) is 37.4 Å². The number of halogens is 3. The number of hydrogen-bond donors (Lipinski definition) is 1. The van der Waals surface area contributed by atoms with Gasteiger partial charge in [-0.15, -0.1) is 0 Å². The van der Waals surface area contributed by atoms with Crippen LogP contribution >= 0.6 is 12.0 Å². The first-order valence-electron chi connectivity index (χ1n) is 6.40. The third-order valence-electron chi connectivity index (χ3n) is 3.12. The van der Waals surface area contributed by atoms with Crippen LogP contribution in [0.3, 0.4) is 0 Å². The summed E-state index contributed by atoms with van der Waals surface area (Å²) in [6, 6.07) is 6.55. The molecule has 0 saturated carbocycles. The highest BCUT2D eigenvalue weighted by molar-refractivity contribution is 7.95. The van der Waals surface area contributed by atoms with Crippen molar-refractivity contribution in [2.24, 2.45) is 0 Å². The predicted molar refractivity (Wildman–Crippen MR) is 79.8 cm³/mol. The minimum absolute atomic E-state index is 0.143. The van der Waals surface area contributed by atoms with Crippen LogP contribution in [0.25, 0.3) is 16.5 Å². The van der Waals surface area contributed by atoms with E-state index in [2.05, 4.69) is 14.6 Å². The highest BCUT2D eigenvalue weighted by Crippen LogP contribution is 2.33. The van der Waals surface area contributed by atoms with Crippen molar-refractivity contribution >= 4 is 28.5 Å². The molecule has 116 valence electrons. The van der Waals surface area contributed by atoms with Crippen molar-refractivity contribution in [1.29, 1.82) is 0 Å². The summed E-state index contributed by atoms with van der Waals surface area (Å²) in [5.41, 5.74) is 1.38. The number of nitrogens with zero attached hydrogens (tertiary/aromatic N) is 2. The van der Waals surface area contributed by atoms with Gasteiger partial charge in [0.25, 0.3) is 0 Å². The molecule has 0 fully saturated rings.